The number of amides is 2. The number of hydrogen-bond donors (Lipinski definition) is 2. The first-order valence-corrected chi connectivity index (χ1v) is 11.5. The predicted molar refractivity (Wildman–Crippen MR) is 124 cm³/mol. The molecule has 1 heterocycles. The maximum absolute atomic E-state index is 13.2. The van der Waals surface area contributed by atoms with Crippen LogP contribution in [0.15, 0.2) is 24.3 Å². The van der Waals surface area contributed by atoms with Crippen LogP contribution in [-0.2, 0) is 17.6 Å². The highest BCUT2D eigenvalue weighted by Crippen LogP contribution is 2.44. The molecule has 30 heavy (non-hydrogen) atoms. The zero-order chi connectivity index (χ0) is 21.9. The molecule has 2 N–H and O–H groups in total. The van der Waals surface area contributed by atoms with E-state index >= 15 is 0 Å². The predicted octanol–water partition coefficient (Wildman–Crippen LogP) is 5.90. The zero-order valence-electron chi connectivity index (χ0n) is 18.6. The number of carbonyl (C=O) groups excluding carboxylic acids is 2. The van der Waals surface area contributed by atoms with Crippen LogP contribution in [0.25, 0.3) is 0 Å². The Kier molecular flexibility index (Phi) is 6.86. The van der Waals surface area contributed by atoms with E-state index in [1.807, 2.05) is 38.1 Å². The Morgan fingerprint density at radius 2 is 1.83 bits per heavy atom. The summed E-state index contributed by atoms with van der Waals surface area (Å²) in [6.07, 6.45) is 3.25. The molecule has 1 aliphatic rings. The number of hydrogen-bond acceptors (Lipinski definition) is 4. The highest BCUT2D eigenvalue weighted by molar-refractivity contribution is 7.17. The van der Waals surface area contributed by atoms with Crippen LogP contribution in [0.3, 0.4) is 0 Å². The van der Waals surface area contributed by atoms with Gasteiger partial charge < -0.3 is 15.4 Å². The molecule has 2 aromatic rings. The molecule has 1 aromatic carbocycles. The standard InChI is InChI=1S/C24H32N2O3S/c1-6-20(27)26-23-21(18-13-8-15(24(3,4)5)14-19(18)30-23)22(28)25-16-9-11-17(12-10-16)29-7-2/h9-12,15H,6-8,13-14H2,1-5H3,(H,25,28)(H,26,27)/t15-/m1/s1. The number of thiophene rings is 1. The molecule has 6 heteroatoms. The molecule has 0 unspecified atom stereocenters. The van der Waals surface area contributed by atoms with Crippen molar-refractivity contribution in [1.82, 2.24) is 0 Å². The van der Waals surface area contributed by atoms with Gasteiger partial charge in [0.15, 0.2) is 0 Å². The maximum atomic E-state index is 13.2. The topological polar surface area (TPSA) is 67.4 Å². The largest absolute Gasteiger partial charge is 0.494 e. The molecular weight excluding hydrogens is 396 g/mol. The molecular formula is C24H32N2O3S. The Morgan fingerprint density at radius 1 is 1.13 bits per heavy atom. The number of ether oxygens (including phenoxy) is 1. The van der Waals surface area contributed by atoms with Crippen LogP contribution in [-0.4, -0.2) is 18.4 Å². The monoisotopic (exact) mass is 428 g/mol. The second kappa shape index (κ2) is 9.21. The van der Waals surface area contributed by atoms with Crippen molar-refractivity contribution in [2.75, 3.05) is 17.2 Å². The van der Waals surface area contributed by atoms with Crippen molar-refractivity contribution in [1.29, 1.82) is 0 Å². The number of anilines is 2. The normalized spacial score (nSPS) is 16.0. The van der Waals surface area contributed by atoms with E-state index in [4.69, 9.17) is 4.74 Å². The summed E-state index contributed by atoms with van der Waals surface area (Å²) in [5, 5.41) is 6.63. The van der Waals surface area contributed by atoms with E-state index in [0.717, 1.165) is 30.6 Å². The number of fused-ring (bicyclic) bond motifs is 1. The fourth-order valence-corrected chi connectivity index (χ4v) is 5.20. The highest BCUT2D eigenvalue weighted by atomic mass is 32.1. The van der Waals surface area contributed by atoms with Gasteiger partial charge in [-0.3, -0.25) is 9.59 Å². The van der Waals surface area contributed by atoms with Gasteiger partial charge in [0.2, 0.25) is 5.91 Å². The third kappa shape index (κ3) is 5.04. The van der Waals surface area contributed by atoms with Crippen LogP contribution in [0.2, 0.25) is 0 Å². The van der Waals surface area contributed by atoms with E-state index in [-0.39, 0.29) is 17.2 Å². The SMILES string of the molecule is CCOc1ccc(NC(=O)c2c(NC(=O)CC)sc3c2CC[C@@H](C(C)(C)C)C3)cc1. The van der Waals surface area contributed by atoms with Crippen LogP contribution < -0.4 is 15.4 Å². The maximum Gasteiger partial charge on any atom is 0.258 e. The van der Waals surface area contributed by atoms with Gasteiger partial charge in [0, 0.05) is 17.0 Å². The molecule has 162 valence electrons. The molecule has 0 saturated heterocycles. The van der Waals surface area contributed by atoms with Crippen molar-refractivity contribution < 1.29 is 14.3 Å². The summed E-state index contributed by atoms with van der Waals surface area (Å²) >= 11 is 1.56. The second-order valence-electron chi connectivity index (χ2n) is 8.83. The van der Waals surface area contributed by atoms with E-state index in [2.05, 4.69) is 31.4 Å². The van der Waals surface area contributed by atoms with Crippen molar-refractivity contribution in [3.63, 3.8) is 0 Å². The number of rotatable bonds is 6. The van der Waals surface area contributed by atoms with Crippen molar-refractivity contribution >= 4 is 33.8 Å². The van der Waals surface area contributed by atoms with Crippen LogP contribution in [0, 0.1) is 11.3 Å². The van der Waals surface area contributed by atoms with E-state index in [0.29, 0.717) is 35.2 Å². The lowest BCUT2D eigenvalue weighted by molar-refractivity contribution is -0.115. The molecule has 0 aliphatic heterocycles. The first kappa shape index (κ1) is 22.3. The van der Waals surface area contributed by atoms with Crippen molar-refractivity contribution in [2.45, 2.75) is 60.3 Å². The minimum absolute atomic E-state index is 0.0731. The van der Waals surface area contributed by atoms with Gasteiger partial charge in [0.05, 0.1) is 12.2 Å². The quantitative estimate of drug-likeness (QED) is 0.602. The van der Waals surface area contributed by atoms with Gasteiger partial charge in [-0.15, -0.1) is 11.3 Å². The Hall–Kier alpha value is -2.34. The average Bonchev–Trinajstić information content (AvgIpc) is 3.05. The van der Waals surface area contributed by atoms with Gasteiger partial charge in [-0.1, -0.05) is 27.7 Å². The number of carbonyl (C=O) groups is 2. The lowest BCUT2D eigenvalue weighted by Gasteiger charge is -2.33. The fraction of sp³-hybridized carbons (Fsp3) is 0.500. The molecule has 1 atom stereocenters. The summed E-state index contributed by atoms with van der Waals surface area (Å²) in [5.41, 5.74) is 2.65. The zero-order valence-corrected chi connectivity index (χ0v) is 19.4. The fourth-order valence-electron chi connectivity index (χ4n) is 3.86. The molecule has 0 spiro atoms. The van der Waals surface area contributed by atoms with Gasteiger partial charge in [-0.2, -0.15) is 0 Å². The van der Waals surface area contributed by atoms with Crippen LogP contribution >= 0.6 is 11.3 Å². The summed E-state index contributed by atoms with van der Waals surface area (Å²) in [5.74, 6) is 1.10. The molecule has 0 fully saturated rings. The van der Waals surface area contributed by atoms with Crippen LogP contribution in [0.4, 0.5) is 10.7 Å². The van der Waals surface area contributed by atoms with Crippen molar-refractivity contribution in [2.24, 2.45) is 11.3 Å². The Bertz CT molecular complexity index is 910. The molecule has 3 rings (SSSR count). The summed E-state index contributed by atoms with van der Waals surface area (Å²) < 4.78 is 5.47. The minimum atomic E-state index is -0.169. The first-order valence-electron chi connectivity index (χ1n) is 10.7. The highest BCUT2D eigenvalue weighted by Gasteiger charge is 2.34. The van der Waals surface area contributed by atoms with Crippen molar-refractivity contribution in [3.8, 4) is 5.75 Å². The molecule has 0 bridgehead atoms. The van der Waals surface area contributed by atoms with Crippen LogP contribution in [0.1, 0.15) is 68.3 Å². The summed E-state index contributed by atoms with van der Waals surface area (Å²) in [4.78, 5) is 26.6. The van der Waals surface area contributed by atoms with E-state index in [9.17, 15) is 9.59 Å². The van der Waals surface area contributed by atoms with Gasteiger partial charge in [-0.05, 0) is 67.3 Å². The Balaban J connectivity index is 1.89. The second-order valence-corrected chi connectivity index (χ2v) is 9.93. The summed E-state index contributed by atoms with van der Waals surface area (Å²) in [7, 11) is 0. The lowest BCUT2D eigenvalue weighted by Crippen LogP contribution is -2.27. The molecule has 5 nitrogen and oxygen atoms in total. The van der Waals surface area contributed by atoms with Gasteiger partial charge in [-0.25, -0.2) is 0 Å². The smallest absolute Gasteiger partial charge is 0.258 e. The van der Waals surface area contributed by atoms with Gasteiger partial charge >= 0.3 is 0 Å². The third-order valence-corrected chi connectivity index (χ3v) is 6.88. The van der Waals surface area contributed by atoms with E-state index in [1.165, 1.54) is 4.88 Å². The van der Waals surface area contributed by atoms with Crippen LogP contribution in [0.5, 0.6) is 5.75 Å². The summed E-state index contributed by atoms with van der Waals surface area (Å²) in [6.45, 7) is 11.2. The van der Waals surface area contributed by atoms with E-state index in [1.54, 1.807) is 11.3 Å². The van der Waals surface area contributed by atoms with E-state index < -0.39 is 0 Å². The van der Waals surface area contributed by atoms with Crippen molar-refractivity contribution in [3.05, 3.63) is 40.3 Å². The van der Waals surface area contributed by atoms with Gasteiger partial charge in [0.1, 0.15) is 10.8 Å². The number of nitrogens with one attached hydrogen (secondary N) is 2. The summed E-state index contributed by atoms with van der Waals surface area (Å²) in [6, 6.07) is 7.36. The average molecular weight is 429 g/mol. The molecule has 1 aliphatic carbocycles. The Labute approximate surface area is 183 Å². The third-order valence-electron chi connectivity index (χ3n) is 5.71. The molecule has 2 amide bonds. The molecule has 0 radical (unpaired) electrons. The first-order chi connectivity index (χ1) is 14.2. The minimum Gasteiger partial charge on any atom is -0.494 e. The Morgan fingerprint density at radius 3 is 2.43 bits per heavy atom. The number of benzene rings is 1. The molecule has 1 aromatic heterocycles. The van der Waals surface area contributed by atoms with Gasteiger partial charge in [0.25, 0.3) is 5.91 Å². The lowest BCUT2D eigenvalue weighted by atomic mass is 9.72. The molecule has 0 saturated carbocycles.